The van der Waals surface area contributed by atoms with Gasteiger partial charge in [0.25, 0.3) is 0 Å². The Morgan fingerprint density at radius 2 is 0.792 bits per heavy atom. The van der Waals surface area contributed by atoms with Gasteiger partial charge in [-0.3, -0.25) is 20.0 Å². The predicted octanol–water partition coefficient (Wildman–Crippen LogP) is 13.7. The summed E-state index contributed by atoms with van der Waals surface area (Å²) in [6, 6.07) is 53.0. The van der Waals surface area contributed by atoms with Gasteiger partial charge in [-0.15, -0.1) is 0 Å². The Balaban J connectivity index is 0.000000761. The van der Waals surface area contributed by atoms with E-state index in [1.165, 1.54) is 11.1 Å². The number of aliphatic imine (C=N–C) groups is 2. The third-order valence-electron chi connectivity index (χ3n) is 6.76. The summed E-state index contributed by atoms with van der Waals surface area (Å²) in [7, 11) is 0. The highest BCUT2D eigenvalue weighted by molar-refractivity contribution is 6.13. The van der Waals surface area contributed by atoms with Gasteiger partial charge in [0.1, 0.15) is 0 Å². The van der Waals surface area contributed by atoms with E-state index in [1.54, 1.807) is 6.20 Å². The predicted molar refractivity (Wildman–Crippen MR) is 235 cm³/mol. The molecule has 0 aliphatic carbocycles. The molecule has 0 aliphatic heterocycles. The van der Waals surface area contributed by atoms with Gasteiger partial charge in [0.15, 0.2) is 0 Å². The van der Waals surface area contributed by atoms with Crippen LogP contribution in [0.5, 0.6) is 0 Å². The second kappa shape index (κ2) is 32.4. The lowest BCUT2D eigenvalue weighted by atomic mass is 10.0. The quantitative estimate of drug-likeness (QED) is 0.155. The fraction of sp³-hybridized carbons (Fsp3) is 0.265. The lowest BCUT2D eigenvalue weighted by molar-refractivity contribution is 0.784. The lowest BCUT2D eigenvalue weighted by Crippen LogP contribution is -2.06. The van der Waals surface area contributed by atoms with Gasteiger partial charge in [-0.1, -0.05) is 189 Å². The molecule has 6 rings (SSSR count). The maximum Gasteiger partial charge on any atom is 0.0899 e. The molecule has 0 aliphatic rings. The Labute approximate surface area is 322 Å². The van der Waals surface area contributed by atoms with E-state index in [2.05, 4.69) is 77.3 Å². The summed E-state index contributed by atoms with van der Waals surface area (Å²) in [4.78, 5) is 17.9. The number of pyridine rings is 2. The summed E-state index contributed by atoms with van der Waals surface area (Å²) in [5, 5.41) is 0. The van der Waals surface area contributed by atoms with E-state index in [0.717, 1.165) is 40.5 Å². The number of hydrogen-bond acceptors (Lipinski definition) is 4. The van der Waals surface area contributed by atoms with Crippen molar-refractivity contribution in [3.63, 3.8) is 0 Å². The first kappa shape index (κ1) is 47.5. The van der Waals surface area contributed by atoms with E-state index in [1.807, 2.05) is 178 Å². The molecular weight excluding hydrogens is 645 g/mol. The van der Waals surface area contributed by atoms with Gasteiger partial charge in [0.05, 0.1) is 23.2 Å². The lowest BCUT2D eigenvalue weighted by Gasteiger charge is -2.12. The molecule has 1 unspecified atom stereocenters. The van der Waals surface area contributed by atoms with Crippen molar-refractivity contribution in [2.45, 2.75) is 82.2 Å². The molecule has 0 N–H and O–H groups in total. The van der Waals surface area contributed by atoms with E-state index in [9.17, 15) is 0 Å². The van der Waals surface area contributed by atoms with Crippen LogP contribution in [0.2, 0.25) is 0 Å². The summed E-state index contributed by atoms with van der Waals surface area (Å²) in [6.07, 6.45) is 3.60. The first-order valence-corrected chi connectivity index (χ1v) is 19.3. The number of nitrogens with zero attached hydrogens (tertiary/aromatic N) is 4. The summed E-state index contributed by atoms with van der Waals surface area (Å²) in [6.45, 7) is 22.9. The van der Waals surface area contributed by atoms with Gasteiger partial charge in [-0.25, -0.2) is 0 Å². The minimum Gasteiger partial charge on any atom is -0.284 e. The Morgan fingerprint density at radius 3 is 1.08 bits per heavy atom. The summed E-state index contributed by atoms with van der Waals surface area (Å²) >= 11 is 0. The van der Waals surface area contributed by atoms with Crippen molar-refractivity contribution in [2.24, 2.45) is 9.98 Å². The van der Waals surface area contributed by atoms with E-state index in [-0.39, 0.29) is 6.04 Å². The zero-order valence-corrected chi connectivity index (χ0v) is 34.2. The molecule has 4 heteroatoms. The average Bonchev–Trinajstić information content (AvgIpc) is 3.27. The molecule has 0 bridgehead atoms. The van der Waals surface area contributed by atoms with Crippen LogP contribution >= 0.6 is 0 Å². The van der Waals surface area contributed by atoms with Crippen LogP contribution in [0.25, 0.3) is 0 Å². The van der Waals surface area contributed by atoms with Crippen LogP contribution in [-0.2, 0) is 0 Å². The Morgan fingerprint density at radius 1 is 0.453 bits per heavy atom. The Hall–Kier alpha value is -5.48. The smallest absolute Gasteiger partial charge is 0.0899 e. The molecular formula is C49H64N4. The van der Waals surface area contributed by atoms with Crippen molar-refractivity contribution in [3.8, 4) is 0 Å². The third kappa shape index (κ3) is 19.1. The number of aryl methyl sites for hydroxylation is 1. The van der Waals surface area contributed by atoms with Crippen LogP contribution in [0.15, 0.2) is 180 Å². The molecule has 0 spiro atoms. The molecule has 0 saturated carbocycles. The highest BCUT2D eigenvalue weighted by Gasteiger charge is 2.11. The molecule has 0 radical (unpaired) electrons. The van der Waals surface area contributed by atoms with E-state index in [0.29, 0.717) is 0 Å². The van der Waals surface area contributed by atoms with Crippen LogP contribution in [0.3, 0.4) is 0 Å². The van der Waals surface area contributed by atoms with Gasteiger partial charge in [0.2, 0.25) is 0 Å². The molecule has 2 aromatic heterocycles. The minimum atomic E-state index is 0.0108. The number of hydrogen-bond donors (Lipinski definition) is 0. The van der Waals surface area contributed by atoms with Crippen molar-refractivity contribution in [2.75, 3.05) is 6.54 Å². The fourth-order valence-electron chi connectivity index (χ4n) is 4.54. The molecule has 1 atom stereocenters. The Kier molecular flexibility index (Phi) is 29.1. The first-order valence-electron chi connectivity index (χ1n) is 19.3. The molecule has 0 saturated heterocycles. The molecule has 2 heterocycles. The van der Waals surface area contributed by atoms with Crippen molar-refractivity contribution >= 4 is 11.4 Å². The molecule has 280 valence electrons. The van der Waals surface area contributed by atoms with Crippen molar-refractivity contribution in [1.82, 2.24) is 9.97 Å². The second-order valence-electron chi connectivity index (χ2n) is 10.2. The topological polar surface area (TPSA) is 50.5 Å². The summed E-state index contributed by atoms with van der Waals surface area (Å²) in [5.74, 6) is 0. The summed E-state index contributed by atoms with van der Waals surface area (Å²) in [5.41, 5.74) is 8.72. The first-order chi connectivity index (χ1) is 26.2. The largest absolute Gasteiger partial charge is 0.284 e. The van der Waals surface area contributed by atoms with E-state index >= 15 is 0 Å². The Bertz CT molecular complexity index is 1620. The monoisotopic (exact) mass is 709 g/mol. The highest BCUT2D eigenvalue weighted by Crippen LogP contribution is 2.19. The second-order valence-corrected chi connectivity index (χ2v) is 10.2. The minimum absolute atomic E-state index is 0.0108. The SMILES string of the molecule is CC.CC.CC.CC.CC(N=C(c1ccccc1)c1ccccc1)c1ccccn1.CCN=C(c1ccccc1)c1ccccc1.Cc1ccccn1. The van der Waals surface area contributed by atoms with E-state index in [4.69, 9.17) is 4.99 Å². The normalized spacial score (nSPS) is 9.42. The van der Waals surface area contributed by atoms with E-state index < -0.39 is 0 Å². The van der Waals surface area contributed by atoms with Gasteiger partial charge in [0, 0.05) is 46.9 Å². The molecule has 0 amide bonds. The van der Waals surface area contributed by atoms with Crippen LogP contribution in [-0.4, -0.2) is 27.9 Å². The van der Waals surface area contributed by atoms with Gasteiger partial charge < -0.3 is 0 Å². The van der Waals surface area contributed by atoms with Gasteiger partial charge >= 0.3 is 0 Å². The zero-order chi connectivity index (χ0) is 39.5. The van der Waals surface area contributed by atoms with Gasteiger partial charge in [-0.2, -0.15) is 0 Å². The molecule has 4 nitrogen and oxygen atoms in total. The average molecular weight is 709 g/mol. The standard InChI is InChI=1S/C20H18N2.C15H15N.C6H7N.4C2H6/c1-16(19-14-8-9-15-21-19)22-20(17-10-4-2-5-11-17)18-12-6-3-7-13-18;1-2-16-15(13-9-5-3-6-10-13)14-11-7-4-8-12-14;1-6-4-2-3-5-7-6;4*1-2/h2-16H,1H3;3-12H,2H2,1H3;2-5H,1H3;4*1-2H3. The van der Waals surface area contributed by atoms with Crippen LogP contribution in [0.1, 0.15) is 109 Å². The third-order valence-corrected chi connectivity index (χ3v) is 6.76. The molecule has 4 aromatic carbocycles. The molecule has 6 aromatic rings. The summed E-state index contributed by atoms with van der Waals surface area (Å²) < 4.78 is 0. The van der Waals surface area contributed by atoms with Crippen LogP contribution < -0.4 is 0 Å². The highest BCUT2D eigenvalue weighted by atomic mass is 14.8. The fourth-order valence-corrected chi connectivity index (χ4v) is 4.54. The number of benzene rings is 4. The maximum atomic E-state index is 4.94. The van der Waals surface area contributed by atoms with Crippen molar-refractivity contribution in [3.05, 3.63) is 204 Å². The maximum absolute atomic E-state index is 4.94. The van der Waals surface area contributed by atoms with Crippen LogP contribution in [0.4, 0.5) is 0 Å². The van der Waals surface area contributed by atoms with Crippen molar-refractivity contribution < 1.29 is 0 Å². The van der Waals surface area contributed by atoms with Crippen LogP contribution in [0, 0.1) is 6.92 Å². The number of rotatable bonds is 7. The van der Waals surface area contributed by atoms with Crippen molar-refractivity contribution in [1.29, 1.82) is 0 Å². The molecule has 53 heavy (non-hydrogen) atoms. The van der Waals surface area contributed by atoms with Gasteiger partial charge in [-0.05, 0) is 45.0 Å². The number of aromatic nitrogens is 2. The molecule has 0 fully saturated rings. The zero-order valence-electron chi connectivity index (χ0n) is 34.2.